The Morgan fingerprint density at radius 2 is 1.58 bits per heavy atom. The van der Waals surface area contributed by atoms with E-state index in [9.17, 15) is 24.3 Å². The number of aliphatic carboxylic acids is 1. The Bertz CT molecular complexity index is 650. The highest BCUT2D eigenvalue weighted by Gasteiger charge is 2.35. The average Bonchev–Trinajstić information content (AvgIpc) is 2.67. The van der Waals surface area contributed by atoms with Crippen molar-refractivity contribution in [3.8, 4) is 0 Å². The highest BCUT2D eigenvalue weighted by Crippen LogP contribution is 2.21. The summed E-state index contributed by atoms with van der Waals surface area (Å²) in [6.07, 6.45) is 0.896. The maximum absolute atomic E-state index is 13.0. The average molecular weight is 442 g/mol. The van der Waals surface area contributed by atoms with Crippen molar-refractivity contribution in [3.63, 3.8) is 0 Å². The Morgan fingerprint density at radius 3 is 2.00 bits per heavy atom. The molecule has 3 atom stereocenters. The van der Waals surface area contributed by atoms with Crippen molar-refractivity contribution >= 4 is 23.9 Å². The Labute approximate surface area is 185 Å². The van der Waals surface area contributed by atoms with Crippen LogP contribution in [0.1, 0.15) is 67.7 Å². The summed E-state index contributed by atoms with van der Waals surface area (Å²) in [7, 11) is 0. The lowest BCUT2D eigenvalue weighted by molar-refractivity contribution is -0.144. The molecule has 9 heteroatoms. The molecule has 0 aromatic heterocycles. The molecule has 1 fully saturated rings. The third kappa shape index (κ3) is 8.38. The predicted molar refractivity (Wildman–Crippen MR) is 116 cm³/mol. The SMILES string of the molecule is CCC(C)C(NC(=O)C1CCN(C(=O)C(NC(=O)OC(C)(C)C)C(C)C)CC1)C(=O)O. The van der Waals surface area contributed by atoms with Gasteiger partial charge in [0.15, 0.2) is 0 Å². The number of rotatable bonds is 8. The first-order valence-electron chi connectivity index (χ1n) is 11.1. The van der Waals surface area contributed by atoms with Crippen LogP contribution in [-0.2, 0) is 19.1 Å². The summed E-state index contributed by atoms with van der Waals surface area (Å²) >= 11 is 0. The van der Waals surface area contributed by atoms with Crippen molar-refractivity contribution < 1.29 is 29.0 Å². The summed E-state index contributed by atoms with van der Waals surface area (Å²) in [5.41, 5.74) is -0.663. The van der Waals surface area contributed by atoms with Gasteiger partial charge < -0.3 is 25.4 Å². The second kappa shape index (κ2) is 11.3. The summed E-state index contributed by atoms with van der Waals surface area (Å²) in [5.74, 6) is -2.17. The third-order valence-corrected chi connectivity index (χ3v) is 5.56. The lowest BCUT2D eigenvalue weighted by Gasteiger charge is -2.35. The minimum atomic E-state index is -1.04. The minimum Gasteiger partial charge on any atom is -0.480 e. The number of ether oxygens (including phenoxy) is 1. The molecule has 0 radical (unpaired) electrons. The maximum Gasteiger partial charge on any atom is 0.408 e. The van der Waals surface area contributed by atoms with Gasteiger partial charge in [0.25, 0.3) is 0 Å². The van der Waals surface area contributed by atoms with E-state index in [1.807, 2.05) is 20.8 Å². The van der Waals surface area contributed by atoms with Crippen LogP contribution in [0.2, 0.25) is 0 Å². The van der Waals surface area contributed by atoms with Gasteiger partial charge in [0.1, 0.15) is 17.7 Å². The Balaban J connectivity index is 2.68. The predicted octanol–water partition coefficient (Wildman–Crippen LogP) is 2.39. The number of hydrogen-bond donors (Lipinski definition) is 3. The van der Waals surface area contributed by atoms with E-state index in [0.29, 0.717) is 32.4 Å². The van der Waals surface area contributed by atoms with Gasteiger partial charge in [0.05, 0.1) is 0 Å². The first-order valence-corrected chi connectivity index (χ1v) is 11.1. The van der Waals surface area contributed by atoms with Crippen molar-refractivity contribution in [3.05, 3.63) is 0 Å². The molecule has 0 spiro atoms. The van der Waals surface area contributed by atoms with E-state index in [-0.39, 0.29) is 29.6 Å². The van der Waals surface area contributed by atoms with Crippen LogP contribution in [0.4, 0.5) is 4.79 Å². The minimum absolute atomic E-state index is 0.132. The largest absolute Gasteiger partial charge is 0.480 e. The molecule has 31 heavy (non-hydrogen) atoms. The molecule has 1 rings (SSSR count). The normalized spacial score (nSPS) is 18.1. The van der Waals surface area contributed by atoms with Gasteiger partial charge in [-0.25, -0.2) is 9.59 Å². The summed E-state index contributed by atoms with van der Waals surface area (Å²) in [6, 6.07) is -1.64. The van der Waals surface area contributed by atoms with E-state index >= 15 is 0 Å². The molecule has 3 unspecified atom stereocenters. The van der Waals surface area contributed by atoms with E-state index in [4.69, 9.17) is 4.74 Å². The van der Waals surface area contributed by atoms with Gasteiger partial charge >= 0.3 is 12.1 Å². The zero-order valence-electron chi connectivity index (χ0n) is 19.9. The zero-order valence-corrected chi connectivity index (χ0v) is 19.9. The second-order valence-electron chi connectivity index (χ2n) is 9.68. The Hall–Kier alpha value is -2.32. The van der Waals surface area contributed by atoms with Gasteiger partial charge in [-0.1, -0.05) is 34.1 Å². The van der Waals surface area contributed by atoms with Crippen LogP contribution in [0, 0.1) is 17.8 Å². The van der Waals surface area contributed by atoms with Crippen molar-refractivity contribution in [1.82, 2.24) is 15.5 Å². The molecule has 3 amide bonds. The van der Waals surface area contributed by atoms with E-state index in [0.717, 1.165) is 0 Å². The van der Waals surface area contributed by atoms with E-state index in [1.165, 1.54) is 0 Å². The summed E-state index contributed by atoms with van der Waals surface area (Å²) in [5, 5.41) is 14.7. The summed E-state index contributed by atoms with van der Waals surface area (Å²) in [6.45, 7) is 13.4. The fourth-order valence-corrected chi connectivity index (χ4v) is 3.46. The van der Waals surface area contributed by atoms with E-state index in [2.05, 4.69) is 10.6 Å². The molecular formula is C22H39N3O6. The number of carboxylic acids is 1. The van der Waals surface area contributed by atoms with Crippen LogP contribution < -0.4 is 10.6 Å². The van der Waals surface area contributed by atoms with Gasteiger partial charge in [0.2, 0.25) is 11.8 Å². The summed E-state index contributed by atoms with van der Waals surface area (Å²) < 4.78 is 5.27. The number of alkyl carbamates (subject to hydrolysis) is 1. The van der Waals surface area contributed by atoms with Crippen LogP contribution >= 0.6 is 0 Å². The van der Waals surface area contributed by atoms with Gasteiger partial charge in [-0.2, -0.15) is 0 Å². The van der Waals surface area contributed by atoms with Crippen molar-refractivity contribution in [2.24, 2.45) is 17.8 Å². The molecule has 1 saturated heterocycles. The fourth-order valence-electron chi connectivity index (χ4n) is 3.46. The molecule has 0 bridgehead atoms. The number of nitrogens with one attached hydrogen (secondary N) is 2. The second-order valence-corrected chi connectivity index (χ2v) is 9.68. The van der Waals surface area contributed by atoms with Crippen LogP contribution in [-0.4, -0.2) is 64.7 Å². The van der Waals surface area contributed by atoms with Crippen LogP contribution in [0.15, 0.2) is 0 Å². The van der Waals surface area contributed by atoms with Gasteiger partial charge in [0, 0.05) is 19.0 Å². The number of likely N-dealkylation sites (tertiary alicyclic amines) is 1. The number of amides is 3. The lowest BCUT2D eigenvalue weighted by Crippen LogP contribution is -2.55. The zero-order chi connectivity index (χ0) is 23.9. The van der Waals surface area contributed by atoms with Crippen LogP contribution in [0.25, 0.3) is 0 Å². The first-order chi connectivity index (χ1) is 14.3. The van der Waals surface area contributed by atoms with Crippen molar-refractivity contribution in [2.45, 2.75) is 85.4 Å². The maximum atomic E-state index is 13.0. The number of carbonyl (C=O) groups is 4. The third-order valence-electron chi connectivity index (χ3n) is 5.56. The molecule has 1 heterocycles. The highest BCUT2D eigenvalue weighted by atomic mass is 16.6. The topological polar surface area (TPSA) is 125 Å². The van der Waals surface area contributed by atoms with Crippen LogP contribution in [0.3, 0.4) is 0 Å². The molecule has 0 aromatic rings. The molecule has 0 aromatic carbocycles. The van der Waals surface area contributed by atoms with Gasteiger partial charge in [-0.3, -0.25) is 9.59 Å². The molecule has 178 valence electrons. The molecule has 1 aliphatic rings. The molecule has 0 saturated carbocycles. The van der Waals surface area contributed by atoms with Gasteiger partial charge in [-0.05, 0) is 45.4 Å². The number of carboxylic acid groups (broad SMARTS) is 1. The molecule has 0 aliphatic carbocycles. The number of carbonyl (C=O) groups excluding carboxylic acids is 3. The van der Waals surface area contributed by atoms with Crippen molar-refractivity contribution in [2.75, 3.05) is 13.1 Å². The quantitative estimate of drug-likeness (QED) is 0.531. The Kier molecular flexibility index (Phi) is 9.77. The fraction of sp³-hybridized carbons (Fsp3) is 0.818. The van der Waals surface area contributed by atoms with E-state index < -0.39 is 29.7 Å². The monoisotopic (exact) mass is 441 g/mol. The lowest BCUT2D eigenvalue weighted by atomic mass is 9.92. The molecule has 9 nitrogen and oxygen atoms in total. The smallest absolute Gasteiger partial charge is 0.408 e. The Morgan fingerprint density at radius 1 is 1.03 bits per heavy atom. The standard InChI is InChI=1S/C22H39N3O6/c1-8-14(4)17(20(28)29)23-18(26)15-9-11-25(12-10-15)19(27)16(13(2)3)24-21(30)31-22(5,6)7/h13-17H,8-12H2,1-7H3,(H,23,26)(H,24,30)(H,28,29). The van der Waals surface area contributed by atoms with Gasteiger partial charge in [-0.15, -0.1) is 0 Å². The van der Waals surface area contributed by atoms with Crippen LogP contribution in [0.5, 0.6) is 0 Å². The number of nitrogens with zero attached hydrogens (tertiary/aromatic N) is 1. The number of hydrogen-bond acceptors (Lipinski definition) is 5. The van der Waals surface area contributed by atoms with Crippen molar-refractivity contribution in [1.29, 1.82) is 0 Å². The number of piperidine rings is 1. The highest BCUT2D eigenvalue weighted by molar-refractivity contribution is 5.87. The molecule has 1 aliphatic heterocycles. The first kappa shape index (κ1) is 26.7. The molecular weight excluding hydrogens is 402 g/mol. The summed E-state index contributed by atoms with van der Waals surface area (Å²) in [4.78, 5) is 50.8. The molecule has 3 N–H and O–H groups in total. The van der Waals surface area contributed by atoms with E-state index in [1.54, 1.807) is 32.6 Å².